The molecule has 2 unspecified atom stereocenters. The maximum absolute atomic E-state index is 13.2. The number of benzene rings is 1. The summed E-state index contributed by atoms with van der Waals surface area (Å²) in [5, 5.41) is 20.7. The fourth-order valence-corrected chi connectivity index (χ4v) is 4.79. The van der Waals surface area contributed by atoms with Gasteiger partial charge in [-0.1, -0.05) is 20.8 Å². The van der Waals surface area contributed by atoms with E-state index in [2.05, 4.69) is 20.7 Å². The summed E-state index contributed by atoms with van der Waals surface area (Å²) in [4.78, 5) is 19.6. The standard InChI is InChI=1S/C20H26N5O2PS/c1-5-6-7-10-25-17(20(2,3)4)16(26)15(19(25)27)18-22-13-9-8-12(24-29-21)11-14(13)28-23-18/h1,8-9,11,17,24,26,28H,6-7,10,21H2,2-4H3,(H,22,23). The van der Waals surface area contributed by atoms with Crippen LogP contribution in [0.2, 0.25) is 0 Å². The maximum atomic E-state index is 13.2. The molecule has 5 N–H and O–H groups in total. The van der Waals surface area contributed by atoms with Gasteiger partial charge in [0.15, 0.2) is 0 Å². The first-order valence-corrected chi connectivity index (χ1v) is 11.2. The molecule has 9 heteroatoms. The Labute approximate surface area is 177 Å². The lowest BCUT2D eigenvalue weighted by Crippen LogP contribution is -2.44. The van der Waals surface area contributed by atoms with Crippen molar-refractivity contribution in [3.05, 3.63) is 29.5 Å². The van der Waals surface area contributed by atoms with Crippen LogP contribution in [0.5, 0.6) is 0 Å². The van der Waals surface area contributed by atoms with E-state index in [0.717, 1.165) is 28.8 Å². The number of carbonyl (C=O) groups is 1. The van der Waals surface area contributed by atoms with Crippen LogP contribution in [0.25, 0.3) is 0 Å². The number of aliphatic hydroxyl groups is 1. The molecular weight excluding hydrogens is 405 g/mol. The number of carbonyl (C=O) groups excluding carboxylic acids is 1. The quantitative estimate of drug-likeness (QED) is 0.239. The van der Waals surface area contributed by atoms with Gasteiger partial charge in [0.2, 0.25) is 0 Å². The minimum atomic E-state index is -0.412. The lowest BCUT2D eigenvalue weighted by Gasteiger charge is -2.35. The number of rotatable bonds is 6. The minimum Gasteiger partial charge on any atom is -0.509 e. The average Bonchev–Trinajstić information content (AvgIpc) is 2.92. The summed E-state index contributed by atoms with van der Waals surface area (Å²) in [6, 6.07) is 5.32. The highest BCUT2D eigenvalue weighted by molar-refractivity contribution is 7.98. The van der Waals surface area contributed by atoms with Crippen LogP contribution >= 0.6 is 20.9 Å². The molecule has 29 heavy (non-hydrogen) atoms. The molecule has 2 atom stereocenters. The number of amides is 1. The third-order valence-electron chi connectivity index (χ3n) is 4.80. The van der Waals surface area contributed by atoms with E-state index in [1.807, 2.05) is 39.0 Å². The van der Waals surface area contributed by atoms with E-state index in [-0.39, 0.29) is 31.4 Å². The first kappa shape index (κ1) is 21.5. The van der Waals surface area contributed by atoms with E-state index >= 15 is 0 Å². The Balaban J connectivity index is 1.95. The number of hydrogen-bond acceptors (Lipinski definition) is 7. The molecule has 1 aromatic rings. The summed E-state index contributed by atoms with van der Waals surface area (Å²) in [6.45, 7) is 6.52. The van der Waals surface area contributed by atoms with Gasteiger partial charge in [-0.3, -0.25) is 9.93 Å². The highest BCUT2D eigenvalue weighted by Crippen LogP contribution is 2.38. The summed E-state index contributed by atoms with van der Waals surface area (Å²) in [5.41, 5.74) is 1.59. The van der Waals surface area contributed by atoms with E-state index in [9.17, 15) is 9.90 Å². The van der Waals surface area contributed by atoms with Crippen LogP contribution in [0.3, 0.4) is 0 Å². The second kappa shape index (κ2) is 8.66. The van der Waals surface area contributed by atoms with E-state index in [0.29, 0.717) is 25.2 Å². The number of nitrogens with zero attached hydrogens (tertiary/aromatic N) is 2. The van der Waals surface area contributed by atoms with Crippen molar-refractivity contribution >= 4 is 49.3 Å². The Kier molecular flexibility index (Phi) is 6.42. The van der Waals surface area contributed by atoms with E-state index in [1.165, 1.54) is 0 Å². The van der Waals surface area contributed by atoms with Gasteiger partial charge in [0.05, 0.1) is 11.7 Å². The molecule has 1 aromatic carbocycles. The molecule has 3 rings (SSSR count). The zero-order valence-corrected chi connectivity index (χ0v) is 18.6. The number of aliphatic imine (C=N–C) groups is 1. The summed E-state index contributed by atoms with van der Waals surface area (Å²) >= 11 is 1.03. The molecular formula is C20H26N5O2PS. The first-order chi connectivity index (χ1) is 13.8. The highest BCUT2D eigenvalue weighted by Gasteiger charge is 2.47. The molecule has 0 saturated carbocycles. The number of fused-ring (bicyclic) bond motifs is 1. The number of hydrogen-bond donors (Lipinski definition) is 4. The van der Waals surface area contributed by atoms with Crippen molar-refractivity contribution in [1.82, 2.24) is 9.99 Å². The van der Waals surface area contributed by atoms with Crippen molar-refractivity contribution in [1.29, 1.82) is 0 Å². The van der Waals surface area contributed by atoms with Gasteiger partial charge >= 0.3 is 0 Å². The summed E-state index contributed by atoms with van der Waals surface area (Å²) < 4.78 is 2.99. The Morgan fingerprint density at radius 1 is 1.48 bits per heavy atom. The van der Waals surface area contributed by atoms with Crippen LogP contribution in [0.15, 0.2) is 34.5 Å². The topological polar surface area (TPSA) is 103 Å². The molecule has 0 bridgehead atoms. The number of aliphatic hydroxyl groups excluding tert-OH is 1. The largest absolute Gasteiger partial charge is 0.509 e. The van der Waals surface area contributed by atoms with Crippen LogP contribution in [0.4, 0.5) is 11.4 Å². The molecule has 0 saturated heterocycles. The molecule has 0 fully saturated rings. The molecule has 7 nitrogen and oxygen atoms in total. The molecule has 1 amide bonds. The molecule has 2 heterocycles. The van der Waals surface area contributed by atoms with Crippen LogP contribution < -0.4 is 20.3 Å². The molecule has 0 spiro atoms. The average molecular weight is 432 g/mol. The van der Waals surface area contributed by atoms with Crippen LogP contribution in [0.1, 0.15) is 33.6 Å². The number of amidine groups is 1. The molecule has 0 aromatic heterocycles. The van der Waals surface area contributed by atoms with Gasteiger partial charge in [0, 0.05) is 44.8 Å². The molecule has 0 radical (unpaired) electrons. The van der Waals surface area contributed by atoms with Crippen molar-refractivity contribution < 1.29 is 9.90 Å². The first-order valence-electron chi connectivity index (χ1n) is 9.32. The normalized spacial score (nSPS) is 19.7. The summed E-state index contributed by atoms with van der Waals surface area (Å²) in [5.74, 6) is 2.88. The molecule has 0 aliphatic carbocycles. The van der Waals surface area contributed by atoms with Gasteiger partial charge in [-0.15, -0.1) is 12.3 Å². The number of unbranched alkanes of at least 4 members (excludes halogenated alkanes) is 1. The van der Waals surface area contributed by atoms with Gasteiger partial charge < -0.3 is 19.8 Å². The monoisotopic (exact) mass is 431 g/mol. The maximum Gasteiger partial charge on any atom is 0.261 e. The zero-order valence-electron chi connectivity index (χ0n) is 16.7. The van der Waals surface area contributed by atoms with Gasteiger partial charge in [0.25, 0.3) is 5.91 Å². The van der Waals surface area contributed by atoms with Crippen LogP contribution in [-0.4, -0.2) is 34.3 Å². The highest BCUT2D eigenvalue weighted by atomic mass is 32.2. The van der Waals surface area contributed by atoms with E-state index < -0.39 is 6.04 Å². The van der Waals surface area contributed by atoms with Crippen molar-refractivity contribution in [3.63, 3.8) is 0 Å². The Morgan fingerprint density at radius 2 is 2.24 bits per heavy atom. The third kappa shape index (κ3) is 4.37. The van der Waals surface area contributed by atoms with Crippen molar-refractivity contribution in [3.8, 4) is 12.3 Å². The Morgan fingerprint density at radius 3 is 2.90 bits per heavy atom. The predicted octanol–water partition coefficient (Wildman–Crippen LogP) is 2.95. The SMILES string of the molecule is C#CCCCN1C(=O)C(C2=Nc3ccc(NSN)cc3PN2)=C(O)C1C(C)(C)C. The third-order valence-corrected chi connectivity index (χ3v) is 6.19. The van der Waals surface area contributed by atoms with Crippen molar-refractivity contribution in [2.75, 3.05) is 11.3 Å². The molecule has 2 aliphatic heterocycles. The van der Waals surface area contributed by atoms with E-state index in [1.54, 1.807) is 4.90 Å². The zero-order chi connectivity index (χ0) is 21.2. The second-order valence-corrected chi connectivity index (χ2v) is 9.48. The number of nitrogens with one attached hydrogen (secondary N) is 2. The predicted molar refractivity (Wildman–Crippen MR) is 123 cm³/mol. The smallest absolute Gasteiger partial charge is 0.261 e. The van der Waals surface area contributed by atoms with Crippen molar-refractivity contribution in [2.24, 2.45) is 15.5 Å². The molecule has 2 aliphatic rings. The van der Waals surface area contributed by atoms with Crippen molar-refractivity contribution in [2.45, 2.75) is 39.7 Å². The lowest BCUT2D eigenvalue weighted by atomic mass is 9.85. The number of anilines is 1. The van der Waals surface area contributed by atoms with Crippen LogP contribution in [-0.2, 0) is 4.79 Å². The van der Waals surface area contributed by atoms with Gasteiger partial charge in [-0.05, 0) is 30.0 Å². The van der Waals surface area contributed by atoms with Gasteiger partial charge in [0.1, 0.15) is 17.2 Å². The van der Waals surface area contributed by atoms with E-state index in [4.69, 9.17) is 11.6 Å². The second-order valence-electron chi connectivity index (χ2n) is 8.00. The fraction of sp³-hybridized carbons (Fsp3) is 0.400. The number of nitrogens with two attached hydrogens (primary N) is 1. The number of terminal acetylenes is 1. The Bertz CT molecular complexity index is 916. The van der Waals surface area contributed by atoms with Gasteiger partial charge in [-0.2, -0.15) is 0 Å². The fourth-order valence-electron chi connectivity index (χ4n) is 3.60. The van der Waals surface area contributed by atoms with Gasteiger partial charge in [-0.25, -0.2) is 4.99 Å². The molecule has 154 valence electrons. The Hall–Kier alpha value is -2.20. The summed E-state index contributed by atoms with van der Waals surface area (Å²) in [7, 11) is 0.218. The summed E-state index contributed by atoms with van der Waals surface area (Å²) in [6.07, 6.45) is 6.64. The van der Waals surface area contributed by atoms with Crippen LogP contribution in [0, 0.1) is 17.8 Å². The lowest BCUT2D eigenvalue weighted by molar-refractivity contribution is -0.128. The minimum absolute atomic E-state index is 0.0699.